The Morgan fingerprint density at radius 1 is 1.10 bits per heavy atom. The SMILES string of the molecule is CC(=O)c1ccc(OCCCN(C)C)c2ccccc12. The number of fused-ring (bicyclic) bond motifs is 1. The van der Waals surface area contributed by atoms with E-state index in [1.165, 1.54) is 0 Å². The van der Waals surface area contributed by atoms with Crippen LogP contribution in [0.5, 0.6) is 5.75 Å². The van der Waals surface area contributed by atoms with Gasteiger partial charge in [-0.25, -0.2) is 0 Å². The van der Waals surface area contributed by atoms with E-state index in [2.05, 4.69) is 19.0 Å². The van der Waals surface area contributed by atoms with E-state index in [1.54, 1.807) is 6.92 Å². The van der Waals surface area contributed by atoms with Crippen molar-refractivity contribution in [3.05, 3.63) is 42.0 Å². The monoisotopic (exact) mass is 271 g/mol. The molecule has 0 aliphatic carbocycles. The summed E-state index contributed by atoms with van der Waals surface area (Å²) in [5, 5.41) is 1.97. The summed E-state index contributed by atoms with van der Waals surface area (Å²) in [4.78, 5) is 13.8. The van der Waals surface area contributed by atoms with Gasteiger partial charge >= 0.3 is 0 Å². The summed E-state index contributed by atoms with van der Waals surface area (Å²) in [5.41, 5.74) is 0.751. The molecule has 0 fully saturated rings. The first kappa shape index (κ1) is 14.5. The van der Waals surface area contributed by atoms with Crippen molar-refractivity contribution in [2.75, 3.05) is 27.2 Å². The number of hydrogen-bond acceptors (Lipinski definition) is 3. The Kier molecular flexibility index (Phi) is 4.74. The maximum Gasteiger partial charge on any atom is 0.160 e. The molecule has 0 saturated carbocycles. The lowest BCUT2D eigenvalue weighted by Gasteiger charge is -2.13. The molecular weight excluding hydrogens is 250 g/mol. The second-order valence-corrected chi connectivity index (χ2v) is 5.22. The molecule has 2 aromatic carbocycles. The highest BCUT2D eigenvalue weighted by Crippen LogP contribution is 2.28. The largest absolute Gasteiger partial charge is 0.493 e. The fraction of sp³-hybridized carbons (Fsp3) is 0.353. The summed E-state index contributed by atoms with van der Waals surface area (Å²) < 4.78 is 5.87. The van der Waals surface area contributed by atoms with Gasteiger partial charge in [0.25, 0.3) is 0 Å². The van der Waals surface area contributed by atoms with Crippen LogP contribution in [-0.2, 0) is 0 Å². The second-order valence-electron chi connectivity index (χ2n) is 5.22. The number of benzene rings is 2. The highest BCUT2D eigenvalue weighted by atomic mass is 16.5. The van der Waals surface area contributed by atoms with E-state index in [0.717, 1.165) is 35.1 Å². The molecule has 106 valence electrons. The summed E-state index contributed by atoms with van der Waals surface area (Å²) in [5.74, 6) is 0.935. The fourth-order valence-electron chi connectivity index (χ4n) is 2.27. The van der Waals surface area contributed by atoms with Crippen LogP contribution in [0, 0.1) is 0 Å². The Morgan fingerprint density at radius 3 is 2.45 bits per heavy atom. The summed E-state index contributed by atoms with van der Waals surface area (Å²) >= 11 is 0. The number of rotatable bonds is 6. The van der Waals surface area contributed by atoms with Crippen LogP contribution in [0.15, 0.2) is 36.4 Å². The highest BCUT2D eigenvalue weighted by Gasteiger charge is 2.09. The van der Waals surface area contributed by atoms with Crippen molar-refractivity contribution >= 4 is 16.6 Å². The van der Waals surface area contributed by atoms with Gasteiger partial charge < -0.3 is 9.64 Å². The molecule has 2 rings (SSSR count). The van der Waals surface area contributed by atoms with E-state index in [4.69, 9.17) is 4.74 Å². The Labute approximate surface area is 120 Å². The molecule has 0 aliphatic rings. The van der Waals surface area contributed by atoms with E-state index >= 15 is 0 Å². The molecular formula is C17H21NO2. The number of carbonyl (C=O) groups excluding carboxylic acids is 1. The van der Waals surface area contributed by atoms with Crippen molar-refractivity contribution in [1.82, 2.24) is 4.90 Å². The Morgan fingerprint density at radius 2 is 1.80 bits per heavy atom. The van der Waals surface area contributed by atoms with Crippen LogP contribution in [0.1, 0.15) is 23.7 Å². The smallest absolute Gasteiger partial charge is 0.160 e. The number of carbonyl (C=O) groups is 1. The second kappa shape index (κ2) is 6.53. The van der Waals surface area contributed by atoms with Gasteiger partial charge in [-0.05, 0) is 45.0 Å². The number of ether oxygens (including phenoxy) is 1. The molecule has 0 amide bonds. The molecule has 0 heterocycles. The minimum absolute atomic E-state index is 0.0837. The van der Waals surface area contributed by atoms with Gasteiger partial charge in [0.15, 0.2) is 5.78 Å². The van der Waals surface area contributed by atoms with Gasteiger partial charge in [-0.2, -0.15) is 0 Å². The third kappa shape index (κ3) is 3.36. The quantitative estimate of drug-likeness (QED) is 0.596. The van der Waals surface area contributed by atoms with Crippen LogP contribution in [0.3, 0.4) is 0 Å². The minimum atomic E-state index is 0.0837. The first-order valence-electron chi connectivity index (χ1n) is 6.90. The molecule has 20 heavy (non-hydrogen) atoms. The summed E-state index contributed by atoms with van der Waals surface area (Å²) in [7, 11) is 4.11. The average molecular weight is 271 g/mol. The number of ketones is 1. The van der Waals surface area contributed by atoms with Crippen LogP contribution in [0.2, 0.25) is 0 Å². The number of hydrogen-bond donors (Lipinski definition) is 0. The lowest BCUT2D eigenvalue weighted by molar-refractivity contribution is 0.101. The summed E-state index contributed by atoms with van der Waals surface area (Å²) in [6.45, 7) is 3.28. The Balaban J connectivity index is 2.22. The minimum Gasteiger partial charge on any atom is -0.493 e. The van der Waals surface area contributed by atoms with E-state index in [9.17, 15) is 4.79 Å². The van der Waals surface area contributed by atoms with Crippen LogP contribution < -0.4 is 4.74 Å². The first-order valence-corrected chi connectivity index (χ1v) is 6.90. The van der Waals surface area contributed by atoms with E-state index < -0.39 is 0 Å². The van der Waals surface area contributed by atoms with Crippen molar-refractivity contribution in [2.45, 2.75) is 13.3 Å². The highest BCUT2D eigenvalue weighted by molar-refractivity contribution is 6.08. The van der Waals surface area contributed by atoms with Gasteiger partial charge in [0, 0.05) is 17.5 Å². The summed E-state index contributed by atoms with van der Waals surface area (Å²) in [6.07, 6.45) is 0.982. The number of Topliss-reactive ketones (excluding diaryl/α,β-unsaturated/α-hetero) is 1. The molecule has 2 aromatic rings. The van der Waals surface area contributed by atoms with Gasteiger partial charge in [0.05, 0.1) is 6.61 Å². The predicted molar refractivity (Wildman–Crippen MR) is 82.6 cm³/mol. The molecule has 0 aromatic heterocycles. The van der Waals surface area contributed by atoms with Gasteiger partial charge in [-0.1, -0.05) is 24.3 Å². The van der Waals surface area contributed by atoms with E-state index in [0.29, 0.717) is 6.61 Å². The molecule has 0 radical (unpaired) electrons. The normalized spacial score (nSPS) is 11.0. The molecule has 0 atom stereocenters. The topological polar surface area (TPSA) is 29.5 Å². The molecule has 0 saturated heterocycles. The van der Waals surface area contributed by atoms with Crippen molar-refractivity contribution in [2.24, 2.45) is 0 Å². The van der Waals surface area contributed by atoms with Crippen LogP contribution in [0.25, 0.3) is 10.8 Å². The van der Waals surface area contributed by atoms with Crippen LogP contribution in [0.4, 0.5) is 0 Å². The van der Waals surface area contributed by atoms with E-state index in [1.807, 2.05) is 36.4 Å². The van der Waals surface area contributed by atoms with Gasteiger partial charge in [0.2, 0.25) is 0 Å². The van der Waals surface area contributed by atoms with Gasteiger partial charge in [0.1, 0.15) is 5.75 Å². The van der Waals surface area contributed by atoms with Crippen molar-refractivity contribution in [3.8, 4) is 5.75 Å². The first-order chi connectivity index (χ1) is 9.59. The summed E-state index contributed by atoms with van der Waals surface area (Å²) in [6, 6.07) is 11.6. The third-order valence-electron chi connectivity index (χ3n) is 3.27. The van der Waals surface area contributed by atoms with Gasteiger partial charge in [-0.3, -0.25) is 4.79 Å². The molecule has 3 nitrogen and oxygen atoms in total. The molecule has 0 bridgehead atoms. The molecule has 3 heteroatoms. The van der Waals surface area contributed by atoms with Gasteiger partial charge in [-0.15, -0.1) is 0 Å². The maximum absolute atomic E-state index is 11.7. The predicted octanol–water partition coefficient (Wildman–Crippen LogP) is 3.37. The average Bonchev–Trinajstić information content (AvgIpc) is 2.43. The lowest BCUT2D eigenvalue weighted by Crippen LogP contribution is -2.15. The van der Waals surface area contributed by atoms with E-state index in [-0.39, 0.29) is 5.78 Å². The third-order valence-corrected chi connectivity index (χ3v) is 3.27. The van der Waals surface area contributed by atoms with Crippen LogP contribution in [-0.4, -0.2) is 37.9 Å². The maximum atomic E-state index is 11.7. The molecule has 0 spiro atoms. The van der Waals surface area contributed by atoms with Crippen molar-refractivity contribution < 1.29 is 9.53 Å². The van der Waals surface area contributed by atoms with Crippen LogP contribution >= 0.6 is 0 Å². The zero-order valence-electron chi connectivity index (χ0n) is 12.3. The Hall–Kier alpha value is -1.87. The van der Waals surface area contributed by atoms with Crippen molar-refractivity contribution in [1.29, 1.82) is 0 Å². The Bertz CT molecular complexity index is 605. The zero-order chi connectivity index (χ0) is 14.5. The van der Waals surface area contributed by atoms with Crippen molar-refractivity contribution in [3.63, 3.8) is 0 Å². The lowest BCUT2D eigenvalue weighted by atomic mass is 10.0. The number of nitrogens with zero attached hydrogens (tertiary/aromatic N) is 1. The standard InChI is InChI=1S/C17H21NO2/c1-13(19)14-9-10-17(20-12-6-11-18(2)3)16-8-5-4-7-15(14)16/h4-5,7-10H,6,11-12H2,1-3H3. The fourth-order valence-corrected chi connectivity index (χ4v) is 2.27. The molecule has 0 unspecified atom stereocenters. The molecule has 0 aliphatic heterocycles. The molecule has 0 N–H and O–H groups in total. The zero-order valence-corrected chi connectivity index (χ0v) is 12.3.